The van der Waals surface area contributed by atoms with Gasteiger partial charge in [-0.15, -0.1) is 5.10 Å². The molecular formula is C14H25N3O. The summed E-state index contributed by atoms with van der Waals surface area (Å²) in [5.41, 5.74) is 1.34. The van der Waals surface area contributed by atoms with E-state index >= 15 is 0 Å². The van der Waals surface area contributed by atoms with Crippen LogP contribution in [-0.2, 0) is 12.0 Å². The van der Waals surface area contributed by atoms with E-state index < -0.39 is 0 Å². The summed E-state index contributed by atoms with van der Waals surface area (Å²) in [7, 11) is 0. The van der Waals surface area contributed by atoms with E-state index in [9.17, 15) is 4.79 Å². The monoisotopic (exact) mass is 251 g/mol. The molecule has 0 aliphatic rings. The molecule has 0 atom stereocenters. The van der Waals surface area contributed by atoms with Crippen molar-refractivity contribution in [1.82, 2.24) is 15.0 Å². The summed E-state index contributed by atoms with van der Waals surface area (Å²) in [6.07, 6.45) is 6.95. The number of nitrogens with zero attached hydrogens (tertiary/aromatic N) is 3. The Kier molecular flexibility index (Phi) is 5.51. The Bertz CT molecular complexity index is 377. The third kappa shape index (κ3) is 3.93. The third-order valence-electron chi connectivity index (χ3n) is 3.06. The van der Waals surface area contributed by atoms with Gasteiger partial charge in [0.05, 0.1) is 5.69 Å². The minimum Gasteiger partial charge on any atom is -0.296 e. The molecule has 1 rings (SSSR count). The number of unbranched alkanes of at least 4 members (excludes halogenated alkanes) is 4. The highest BCUT2D eigenvalue weighted by Crippen LogP contribution is 2.24. The summed E-state index contributed by atoms with van der Waals surface area (Å²) in [5, 5.41) is 8.07. The molecule has 4 nitrogen and oxygen atoms in total. The molecule has 0 radical (unpaired) electrons. The molecule has 4 heteroatoms. The van der Waals surface area contributed by atoms with Gasteiger partial charge >= 0.3 is 0 Å². The second-order valence-electron chi connectivity index (χ2n) is 5.83. The van der Waals surface area contributed by atoms with Crippen molar-refractivity contribution < 1.29 is 4.79 Å². The van der Waals surface area contributed by atoms with Gasteiger partial charge in [-0.2, -0.15) is 0 Å². The molecule has 0 amide bonds. The molecule has 0 spiro atoms. The van der Waals surface area contributed by atoms with Crippen molar-refractivity contribution in [3.63, 3.8) is 0 Å². The molecule has 1 aromatic rings. The molecule has 0 saturated carbocycles. The molecule has 0 aliphatic carbocycles. The lowest BCUT2D eigenvalue weighted by Gasteiger charge is -2.20. The molecule has 102 valence electrons. The molecule has 0 saturated heterocycles. The number of aryl methyl sites for hydroxylation is 1. The van der Waals surface area contributed by atoms with Gasteiger partial charge in [-0.3, -0.25) is 4.79 Å². The van der Waals surface area contributed by atoms with Gasteiger partial charge in [0.1, 0.15) is 5.69 Å². The van der Waals surface area contributed by atoms with Crippen molar-refractivity contribution in [2.24, 2.45) is 0 Å². The quantitative estimate of drug-likeness (QED) is 0.551. The number of aldehydes is 1. The van der Waals surface area contributed by atoms with Crippen molar-refractivity contribution >= 4 is 6.29 Å². The van der Waals surface area contributed by atoms with Gasteiger partial charge in [0.25, 0.3) is 0 Å². The fourth-order valence-corrected chi connectivity index (χ4v) is 2.20. The van der Waals surface area contributed by atoms with Crippen LogP contribution in [0.25, 0.3) is 0 Å². The van der Waals surface area contributed by atoms with Crippen LogP contribution in [0.3, 0.4) is 0 Å². The first-order chi connectivity index (χ1) is 8.50. The fraction of sp³-hybridized carbons (Fsp3) is 0.786. The van der Waals surface area contributed by atoms with Crippen LogP contribution < -0.4 is 0 Å². The average Bonchev–Trinajstić information content (AvgIpc) is 2.71. The molecule has 0 fully saturated rings. The average molecular weight is 251 g/mol. The highest BCUT2D eigenvalue weighted by Gasteiger charge is 2.24. The molecule has 0 aliphatic heterocycles. The summed E-state index contributed by atoms with van der Waals surface area (Å²) in [6, 6.07) is 0. The lowest BCUT2D eigenvalue weighted by atomic mass is 9.90. The van der Waals surface area contributed by atoms with Crippen LogP contribution in [0.2, 0.25) is 0 Å². The second-order valence-corrected chi connectivity index (χ2v) is 5.83. The molecule has 1 heterocycles. The number of hydrogen-bond acceptors (Lipinski definition) is 3. The minimum atomic E-state index is -0.0941. The maximum absolute atomic E-state index is 11.0. The Balaban J connectivity index is 2.66. The van der Waals surface area contributed by atoms with Gasteiger partial charge in [0, 0.05) is 12.0 Å². The topological polar surface area (TPSA) is 47.8 Å². The maximum atomic E-state index is 11.0. The van der Waals surface area contributed by atoms with Gasteiger partial charge in [0.2, 0.25) is 0 Å². The normalized spacial score (nSPS) is 11.8. The van der Waals surface area contributed by atoms with Gasteiger partial charge in [-0.1, -0.05) is 58.6 Å². The van der Waals surface area contributed by atoms with Crippen LogP contribution in [0.5, 0.6) is 0 Å². The van der Waals surface area contributed by atoms with Crippen molar-refractivity contribution in [2.45, 2.75) is 71.8 Å². The lowest BCUT2D eigenvalue weighted by molar-refractivity contribution is 0.111. The van der Waals surface area contributed by atoms with E-state index in [1.165, 1.54) is 25.7 Å². The molecule has 18 heavy (non-hydrogen) atoms. The summed E-state index contributed by atoms with van der Waals surface area (Å²) < 4.78 is 1.90. The van der Waals surface area contributed by atoms with Crippen LogP contribution in [-0.4, -0.2) is 21.3 Å². The fourth-order valence-electron chi connectivity index (χ4n) is 2.20. The van der Waals surface area contributed by atoms with Crippen molar-refractivity contribution in [2.75, 3.05) is 0 Å². The van der Waals surface area contributed by atoms with Gasteiger partial charge in [-0.25, -0.2) is 4.68 Å². The second kappa shape index (κ2) is 6.66. The number of carbonyl (C=O) groups excluding carboxylic acids is 1. The molecule has 0 aromatic carbocycles. The van der Waals surface area contributed by atoms with Crippen LogP contribution >= 0.6 is 0 Å². The predicted molar refractivity (Wildman–Crippen MR) is 72.9 cm³/mol. The Hall–Kier alpha value is -1.19. The minimum absolute atomic E-state index is 0.0941. The highest BCUT2D eigenvalue weighted by molar-refractivity contribution is 5.73. The zero-order valence-electron chi connectivity index (χ0n) is 12.1. The lowest BCUT2D eigenvalue weighted by Crippen LogP contribution is -2.20. The van der Waals surface area contributed by atoms with E-state index in [-0.39, 0.29) is 5.41 Å². The standard InChI is InChI=1S/C14H25N3O/c1-5-6-7-8-9-10-17-13(14(2,3)4)12(11-18)15-16-17/h11H,5-10H2,1-4H3. The summed E-state index contributed by atoms with van der Waals surface area (Å²) >= 11 is 0. The number of aromatic nitrogens is 3. The van der Waals surface area contributed by atoms with Gasteiger partial charge in [0.15, 0.2) is 6.29 Å². The van der Waals surface area contributed by atoms with E-state index in [0.29, 0.717) is 5.69 Å². The maximum Gasteiger partial charge on any atom is 0.172 e. The van der Waals surface area contributed by atoms with Crippen molar-refractivity contribution in [3.05, 3.63) is 11.4 Å². The van der Waals surface area contributed by atoms with E-state index in [2.05, 4.69) is 38.0 Å². The SMILES string of the molecule is CCCCCCCn1nnc(C=O)c1C(C)(C)C. The first-order valence-corrected chi connectivity index (χ1v) is 6.89. The Morgan fingerprint density at radius 1 is 1.17 bits per heavy atom. The highest BCUT2D eigenvalue weighted by atomic mass is 16.1. The van der Waals surface area contributed by atoms with Crippen LogP contribution in [0.15, 0.2) is 0 Å². The molecule has 1 aromatic heterocycles. The third-order valence-corrected chi connectivity index (χ3v) is 3.06. The van der Waals surface area contributed by atoms with Crippen LogP contribution in [0.1, 0.15) is 76.0 Å². The predicted octanol–water partition coefficient (Wildman–Crippen LogP) is 3.36. The summed E-state index contributed by atoms with van der Waals surface area (Å²) in [4.78, 5) is 11.0. The van der Waals surface area contributed by atoms with Gasteiger partial charge < -0.3 is 0 Å². The van der Waals surface area contributed by atoms with Crippen molar-refractivity contribution in [3.8, 4) is 0 Å². The van der Waals surface area contributed by atoms with Crippen molar-refractivity contribution in [1.29, 1.82) is 0 Å². The Morgan fingerprint density at radius 3 is 2.39 bits per heavy atom. The van der Waals surface area contributed by atoms with E-state index in [1.54, 1.807) is 0 Å². The van der Waals surface area contributed by atoms with E-state index in [1.807, 2.05) is 4.68 Å². The Morgan fingerprint density at radius 2 is 1.83 bits per heavy atom. The summed E-state index contributed by atoms with van der Waals surface area (Å²) in [5.74, 6) is 0. The zero-order chi connectivity index (χ0) is 13.6. The smallest absolute Gasteiger partial charge is 0.172 e. The van der Waals surface area contributed by atoms with Gasteiger partial charge in [-0.05, 0) is 6.42 Å². The van der Waals surface area contributed by atoms with E-state index in [4.69, 9.17) is 0 Å². The Labute approximate surface area is 110 Å². The first kappa shape index (κ1) is 14.9. The number of rotatable bonds is 7. The molecular weight excluding hydrogens is 226 g/mol. The number of carbonyl (C=O) groups is 1. The largest absolute Gasteiger partial charge is 0.296 e. The van der Waals surface area contributed by atoms with Crippen LogP contribution in [0, 0.1) is 0 Å². The van der Waals surface area contributed by atoms with Crippen LogP contribution in [0.4, 0.5) is 0 Å². The number of hydrogen-bond donors (Lipinski definition) is 0. The first-order valence-electron chi connectivity index (χ1n) is 6.89. The zero-order valence-corrected chi connectivity index (χ0v) is 12.1. The molecule has 0 N–H and O–H groups in total. The molecule has 0 unspecified atom stereocenters. The summed E-state index contributed by atoms with van der Waals surface area (Å²) in [6.45, 7) is 9.34. The molecule has 0 bridgehead atoms. The van der Waals surface area contributed by atoms with E-state index in [0.717, 1.165) is 24.9 Å².